The second-order valence-electron chi connectivity index (χ2n) is 5.26. The predicted octanol–water partition coefficient (Wildman–Crippen LogP) is 2.99. The fourth-order valence-corrected chi connectivity index (χ4v) is 1.99. The van der Waals surface area contributed by atoms with Crippen LogP contribution in [0.15, 0.2) is 40.8 Å². The molecule has 1 aromatic rings. The smallest absolute Gasteiger partial charge is 0.322 e. The molecule has 0 saturated heterocycles. The third-order valence-corrected chi connectivity index (χ3v) is 3.21. The molecule has 0 atom stereocenters. The van der Waals surface area contributed by atoms with Crippen molar-refractivity contribution >= 4 is 35.7 Å². The topological polar surface area (TPSA) is 115 Å². The molecular formula is C19H26N4O3. The van der Waals surface area contributed by atoms with Crippen LogP contribution in [0.2, 0.25) is 0 Å². The van der Waals surface area contributed by atoms with Crippen molar-refractivity contribution in [3.8, 4) is 0 Å². The van der Waals surface area contributed by atoms with Crippen molar-refractivity contribution in [2.24, 2.45) is 9.98 Å². The molecule has 0 fully saturated rings. The summed E-state index contributed by atoms with van der Waals surface area (Å²) in [7, 11) is 1.64. The SMILES string of the molecule is C=CC.C=NC(CCc1ccc(NCC(=O)O)c(C(=N)C(C)=O)c1)=NC. The first kappa shape index (κ1) is 22.9. The average molecular weight is 358 g/mol. The van der Waals surface area contributed by atoms with Crippen LogP contribution in [0.25, 0.3) is 0 Å². The van der Waals surface area contributed by atoms with E-state index in [-0.39, 0.29) is 18.0 Å². The maximum Gasteiger partial charge on any atom is 0.322 e. The number of carboxylic acids is 1. The van der Waals surface area contributed by atoms with Crippen LogP contribution in [0.5, 0.6) is 0 Å². The van der Waals surface area contributed by atoms with Gasteiger partial charge in [-0.1, -0.05) is 12.1 Å². The minimum atomic E-state index is -1.02. The van der Waals surface area contributed by atoms with Crippen molar-refractivity contribution in [1.82, 2.24) is 0 Å². The second kappa shape index (κ2) is 12.3. The van der Waals surface area contributed by atoms with Gasteiger partial charge in [-0.05, 0) is 37.8 Å². The van der Waals surface area contributed by atoms with E-state index in [0.29, 0.717) is 29.9 Å². The number of anilines is 1. The summed E-state index contributed by atoms with van der Waals surface area (Å²) in [6, 6.07) is 5.21. The van der Waals surface area contributed by atoms with Gasteiger partial charge in [-0.2, -0.15) is 0 Å². The Morgan fingerprint density at radius 3 is 2.46 bits per heavy atom. The van der Waals surface area contributed by atoms with Crippen LogP contribution in [0, 0.1) is 5.41 Å². The van der Waals surface area contributed by atoms with Gasteiger partial charge in [0.05, 0.1) is 0 Å². The standard InChI is InChI=1S/C16H20N4O3.C3H6/c1-10(21)16(17)12-8-11(5-7-14(18-2)19-3)4-6-13(12)20-9-15(22)23;1-3-2/h4,6,8,17,20H,2,5,7,9H2,1,3H3,(H,22,23);3H,1H2,2H3. The number of carboxylic acid groups (broad SMARTS) is 1. The van der Waals surface area contributed by atoms with Gasteiger partial charge in [-0.15, -0.1) is 6.58 Å². The molecule has 0 radical (unpaired) electrons. The van der Waals surface area contributed by atoms with E-state index in [1.54, 1.807) is 25.3 Å². The number of carbonyl (C=O) groups is 2. The zero-order valence-electron chi connectivity index (χ0n) is 15.5. The van der Waals surface area contributed by atoms with E-state index in [9.17, 15) is 9.59 Å². The number of allylic oxidation sites excluding steroid dienone is 1. The van der Waals surface area contributed by atoms with Crippen molar-refractivity contribution in [1.29, 1.82) is 5.41 Å². The van der Waals surface area contributed by atoms with E-state index in [2.05, 4.69) is 28.6 Å². The van der Waals surface area contributed by atoms with Crippen molar-refractivity contribution in [2.75, 3.05) is 18.9 Å². The number of benzene rings is 1. The highest BCUT2D eigenvalue weighted by Gasteiger charge is 2.14. The van der Waals surface area contributed by atoms with Gasteiger partial charge in [-0.25, -0.2) is 4.99 Å². The number of aryl methyl sites for hydroxylation is 1. The largest absolute Gasteiger partial charge is 0.480 e. The predicted molar refractivity (Wildman–Crippen MR) is 107 cm³/mol. The van der Waals surface area contributed by atoms with Crippen LogP contribution in [-0.4, -0.2) is 48.7 Å². The lowest BCUT2D eigenvalue weighted by Crippen LogP contribution is -2.17. The van der Waals surface area contributed by atoms with Crippen LogP contribution in [0.3, 0.4) is 0 Å². The molecule has 0 heterocycles. The average Bonchev–Trinajstić information content (AvgIpc) is 2.61. The summed E-state index contributed by atoms with van der Waals surface area (Å²) in [5.41, 5.74) is 1.57. The molecule has 0 aliphatic carbocycles. The monoisotopic (exact) mass is 358 g/mol. The Morgan fingerprint density at radius 1 is 1.38 bits per heavy atom. The minimum absolute atomic E-state index is 0.161. The van der Waals surface area contributed by atoms with Crippen LogP contribution in [0.4, 0.5) is 5.69 Å². The lowest BCUT2D eigenvalue weighted by molar-refractivity contribution is -0.134. The Balaban J connectivity index is 0.00000194. The molecule has 3 N–H and O–H groups in total. The van der Waals surface area contributed by atoms with Crippen LogP contribution >= 0.6 is 0 Å². The van der Waals surface area contributed by atoms with Gasteiger partial charge in [0.1, 0.15) is 18.1 Å². The molecule has 0 aliphatic heterocycles. The van der Waals surface area contributed by atoms with Gasteiger partial charge in [0, 0.05) is 31.6 Å². The third-order valence-electron chi connectivity index (χ3n) is 3.21. The summed E-state index contributed by atoms with van der Waals surface area (Å²) in [5, 5.41) is 19.4. The number of hydrogen-bond donors (Lipinski definition) is 3. The Morgan fingerprint density at radius 2 is 2.00 bits per heavy atom. The van der Waals surface area contributed by atoms with E-state index in [1.165, 1.54) is 6.92 Å². The first-order chi connectivity index (χ1) is 12.3. The van der Waals surface area contributed by atoms with Crippen LogP contribution in [-0.2, 0) is 16.0 Å². The number of aliphatic carboxylic acids is 1. The third kappa shape index (κ3) is 8.14. The molecule has 0 unspecified atom stereocenters. The van der Waals surface area contributed by atoms with Crippen molar-refractivity contribution in [3.05, 3.63) is 42.0 Å². The van der Waals surface area contributed by atoms with Gasteiger partial charge < -0.3 is 10.4 Å². The van der Waals surface area contributed by atoms with E-state index >= 15 is 0 Å². The number of aliphatic imine (C=N–C) groups is 2. The number of nitrogens with one attached hydrogen (secondary N) is 2. The highest BCUT2D eigenvalue weighted by Crippen LogP contribution is 2.20. The molecule has 26 heavy (non-hydrogen) atoms. The van der Waals surface area contributed by atoms with E-state index < -0.39 is 5.97 Å². The first-order valence-electron chi connectivity index (χ1n) is 7.98. The number of Topliss-reactive ketones (excluding diaryl/α,β-unsaturated/α-hetero) is 1. The Labute approximate surface area is 154 Å². The molecule has 7 nitrogen and oxygen atoms in total. The fraction of sp³-hybridized carbons (Fsp3) is 0.316. The van der Waals surface area contributed by atoms with Crippen molar-refractivity contribution in [2.45, 2.75) is 26.7 Å². The fourth-order valence-electron chi connectivity index (χ4n) is 1.99. The molecule has 1 rings (SSSR count). The Hall–Kier alpha value is -3.09. The van der Waals surface area contributed by atoms with Crippen LogP contribution in [0.1, 0.15) is 31.4 Å². The van der Waals surface area contributed by atoms with E-state index in [4.69, 9.17) is 10.5 Å². The molecule has 0 aromatic heterocycles. The van der Waals surface area contributed by atoms with Crippen molar-refractivity contribution < 1.29 is 14.7 Å². The Kier molecular flexibility index (Phi) is 10.8. The molecule has 1 aromatic carbocycles. The van der Waals surface area contributed by atoms with E-state index in [1.807, 2.05) is 13.0 Å². The van der Waals surface area contributed by atoms with Gasteiger partial charge in [0.25, 0.3) is 0 Å². The maximum atomic E-state index is 11.5. The summed E-state index contributed by atoms with van der Waals surface area (Å²) in [5.74, 6) is -0.777. The van der Waals surface area contributed by atoms with Gasteiger partial charge >= 0.3 is 5.97 Å². The summed E-state index contributed by atoms with van der Waals surface area (Å²) in [4.78, 5) is 30.0. The molecule has 0 spiro atoms. The van der Waals surface area contributed by atoms with Gasteiger partial charge in [-0.3, -0.25) is 20.0 Å². The first-order valence-corrected chi connectivity index (χ1v) is 7.98. The van der Waals surface area contributed by atoms with Crippen LogP contribution < -0.4 is 5.32 Å². The Bertz CT molecular complexity index is 709. The molecule has 0 amide bonds. The summed E-state index contributed by atoms with van der Waals surface area (Å²) >= 11 is 0. The van der Waals surface area contributed by atoms with Gasteiger partial charge in [0.2, 0.25) is 0 Å². The normalized spacial score (nSPS) is 10.2. The summed E-state index contributed by atoms with van der Waals surface area (Å²) < 4.78 is 0. The zero-order valence-corrected chi connectivity index (χ0v) is 15.5. The number of rotatable bonds is 8. The molecule has 140 valence electrons. The number of hydrogen-bond acceptors (Lipinski definition) is 5. The minimum Gasteiger partial charge on any atom is -0.480 e. The molecule has 0 saturated carbocycles. The summed E-state index contributed by atoms with van der Waals surface area (Å²) in [6.07, 6.45) is 2.97. The quantitative estimate of drug-likeness (QED) is 0.376. The van der Waals surface area contributed by atoms with E-state index in [0.717, 1.165) is 5.56 Å². The molecular weight excluding hydrogens is 332 g/mol. The molecule has 7 heteroatoms. The number of nitrogens with zero attached hydrogens (tertiary/aromatic N) is 2. The highest BCUT2D eigenvalue weighted by atomic mass is 16.4. The second-order valence-corrected chi connectivity index (χ2v) is 5.26. The summed E-state index contributed by atoms with van der Waals surface area (Å²) in [6.45, 7) is 9.71. The number of amidine groups is 1. The molecule has 0 bridgehead atoms. The number of ketones is 1. The lowest BCUT2D eigenvalue weighted by Gasteiger charge is -2.12. The number of carbonyl (C=O) groups excluding carboxylic acids is 1. The zero-order chi connectivity index (χ0) is 20.1. The van der Waals surface area contributed by atoms with Crippen molar-refractivity contribution in [3.63, 3.8) is 0 Å². The lowest BCUT2D eigenvalue weighted by atomic mass is 9.99. The maximum absolute atomic E-state index is 11.5. The highest BCUT2D eigenvalue weighted by molar-refractivity contribution is 6.45. The van der Waals surface area contributed by atoms with Gasteiger partial charge in [0.15, 0.2) is 5.78 Å². The molecule has 0 aliphatic rings.